The van der Waals surface area contributed by atoms with Gasteiger partial charge in [0.1, 0.15) is 0 Å². The number of nitrogens with two attached hydrogens (primary N) is 1. The molecule has 25 heavy (non-hydrogen) atoms. The fraction of sp³-hybridized carbons (Fsp3) is 0.333. The van der Waals surface area contributed by atoms with E-state index in [2.05, 4.69) is 22.3 Å². The molecule has 0 radical (unpaired) electrons. The fourth-order valence-electron chi connectivity index (χ4n) is 3.04. The minimum Gasteiger partial charge on any atom is -0.368 e. The van der Waals surface area contributed by atoms with Gasteiger partial charge in [-0.25, -0.2) is 4.79 Å². The Morgan fingerprint density at radius 3 is 2.40 bits per heavy atom. The molecule has 0 bridgehead atoms. The quantitative estimate of drug-likeness (QED) is 0.860. The molecule has 1 aliphatic heterocycles. The number of para-hydroxylation sites is 1. The number of nitrogens with one attached hydrogen (secondary N) is 1. The first-order chi connectivity index (χ1) is 12.1. The number of carbonyl (C=O) groups is 2. The van der Waals surface area contributed by atoms with E-state index in [4.69, 9.17) is 5.73 Å². The number of carbonyl (C=O) groups excluding carboxylic acids is 2. The molecule has 2 aromatic rings. The number of amides is 3. The zero-order chi connectivity index (χ0) is 17.6. The van der Waals surface area contributed by atoms with Crippen molar-refractivity contribution < 1.29 is 9.59 Å². The zero-order valence-electron chi connectivity index (χ0n) is 13.9. The van der Waals surface area contributed by atoms with Crippen molar-refractivity contribution in [2.45, 2.75) is 12.5 Å². The summed E-state index contributed by atoms with van der Waals surface area (Å²) in [5.41, 5.74) is 6.44. The molecule has 3 N–H and O–H groups in total. The van der Waals surface area contributed by atoms with Gasteiger partial charge < -0.3 is 20.9 Å². The van der Waals surface area contributed by atoms with Crippen molar-refractivity contribution in [3.05, 3.63) is 52.7 Å². The Hall–Kier alpha value is -2.54. The Kier molecular flexibility index (Phi) is 5.55. The number of anilines is 1. The molecule has 1 fully saturated rings. The van der Waals surface area contributed by atoms with Crippen LogP contribution >= 0.6 is 11.3 Å². The van der Waals surface area contributed by atoms with Crippen molar-refractivity contribution in [2.75, 3.05) is 31.1 Å². The normalized spacial score (nSPS) is 15.7. The zero-order valence-corrected chi connectivity index (χ0v) is 14.7. The minimum absolute atomic E-state index is 0.0415. The number of primary amides is 1. The van der Waals surface area contributed by atoms with Gasteiger partial charge in [-0.1, -0.05) is 24.3 Å². The lowest BCUT2D eigenvalue weighted by Crippen LogP contribution is -2.49. The molecule has 1 aromatic heterocycles. The minimum atomic E-state index is -0.611. The third-order valence-corrected chi connectivity index (χ3v) is 5.32. The third-order valence-electron chi connectivity index (χ3n) is 4.34. The van der Waals surface area contributed by atoms with Gasteiger partial charge >= 0.3 is 6.03 Å². The Balaban J connectivity index is 1.57. The number of hydrogen-bond acceptors (Lipinski definition) is 4. The van der Waals surface area contributed by atoms with Crippen LogP contribution in [0.2, 0.25) is 0 Å². The molecule has 0 spiro atoms. The van der Waals surface area contributed by atoms with Gasteiger partial charge in [-0.2, -0.15) is 0 Å². The van der Waals surface area contributed by atoms with E-state index in [-0.39, 0.29) is 18.4 Å². The second-order valence-corrected chi connectivity index (χ2v) is 6.96. The highest BCUT2D eigenvalue weighted by Gasteiger charge is 2.25. The molecule has 3 amide bonds. The van der Waals surface area contributed by atoms with E-state index >= 15 is 0 Å². The molecule has 7 heteroatoms. The van der Waals surface area contributed by atoms with E-state index < -0.39 is 6.03 Å². The van der Waals surface area contributed by atoms with Crippen molar-refractivity contribution in [1.82, 2.24) is 10.2 Å². The van der Waals surface area contributed by atoms with Crippen molar-refractivity contribution in [3.63, 3.8) is 0 Å². The Bertz CT molecular complexity index is 697. The molecular formula is C18H22N4O2S. The second kappa shape index (κ2) is 8.02. The fourth-order valence-corrected chi connectivity index (χ4v) is 3.82. The summed E-state index contributed by atoms with van der Waals surface area (Å²) in [6, 6.07) is 13.0. The molecule has 0 unspecified atom stereocenters. The molecular weight excluding hydrogens is 336 g/mol. The molecule has 1 saturated heterocycles. The summed E-state index contributed by atoms with van der Waals surface area (Å²) < 4.78 is 0. The third kappa shape index (κ3) is 4.51. The Morgan fingerprint density at radius 1 is 1.08 bits per heavy atom. The lowest BCUT2D eigenvalue weighted by molar-refractivity contribution is -0.132. The number of rotatable bonds is 5. The number of thiophene rings is 1. The van der Waals surface area contributed by atoms with E-state index in [9.17, 15) is 9.59 Å². The predicted octanol–water partition coefficient (Wildman–Crippen LogP) is 2.20. The van der Waals surface area contributed by atoms with Crippen LogP contribution in [0.5, 0.6) is 0 Å². The van der Waals surface area contributed by atoms with Crippen LogP contribution < -0.4 is 16.0 Å². The maximum absolute atomic E-state index is 12.6. The summed E-state index contributed by atoms with van der Waals surface area (Å²) in [7, 11) is 0. The van der Waals surface area contributed by atoms with Crippen molar-refractivity contribution in [3.8, 4) is 0 Å². The first kappa shape index (κ1) is 17.3. The van der Waals surface area contributed by atoms with Crippen molar-refractivity contribution in [2.24, 2.45) is 5.73 Å². The topological polar surface area (TPSA) is 78.7 Å². The van der Waals surface area contributed by atoms with Gasteiger partial charge in [0.15, 0.2) is 0 Å². The van der Waals surface area contributed by atoms with Crippen LogP contribution in [0.4, 0.5) is 10.5 Å². The van der Waals surface area contributed by atoms with Crippen LogP contribution in [0.15, 0.2) is 47.8 Å². The van der Waals surface area contributed by atoms with Crippen LogP contribution in [0.3, 0.4) is 0 Å². The predicted molar refractivity (Wildman–Crippen MR) is 99.6 cm³/mol. The average molecular weight is 358 g/mol. The number of nitrogens with zero attached hydrogens (tertiary/aromatic N) is 2. The number of urea groups is 1. The largest absolute Gasteiger partial charge is 0.368 e. The summed E-state index contributed by atoms with van der Waals surface area (Å²) in [5.74, 6) is 0.0415. The van der Waals surface area contributed by atoms with E-state index in [1.54, 1.807) is 0 Å². The lowest BCUT2D eigenvalue weighted by atomic mass is 10.1. The molecule has 1 aromatic carbocycles. The van der Waals surface area contributed by atoms with E-state index in [0.29, 0.717) is 13.1 Å². The SMILES string of the molecule is NC(=O)N[C@H](CC(=O)N1CCN(c2ccccc2)CC1)c1cccs1. The highest BCUT2D eigenvalue weighted by atomic mass is 32.1. The highest BCUT2D eigenvalue weighted by molar-refractivity contribution is 7.10. The van der Waals surface area contributed by atoms with Crippen LogP contribution in [0.25, 0.3) is 0 Å². The van der Waals surface area contributed by atoms with Crippen LogP contribution in [0, 0.1) is 0 Å². The molecule has 2 heterocycles. The van der Waals surface area contributed by atoms with E-state index in [1.165, 1.54) is 17.0 Å². The maximum Gasteiger partial charge on any atom is 0.312 e. The molecule has 0 saturated carbocycles. The molecule has 132 valence electrons. The monoisotopic (exact) mass is 358 g/mol. The van der Waals surface area contributed by atoms with Crippen LogP contribution in [0.1, 0.15) is 17.3 Å². The van der Waals surface area contributed by atoms with Gasteiger partial charge in [-0.15, -0.1) is 11.3 Å². The van der Waals surface area contributed by atoms with E-state index in [1.807, 2.05) is 40.6 Å². The second-order valence-electron chi connectivity index (χ2n) is 5.98. The smallest absolute Gasteiger partial charge is 0.312 e. The molecule has 1 aliphatic rings. The Morgan fingerprint density at radius 2 is 1.80 bits per heavy atom. The molecule has 6 nitrogen and oxygen atoms in total. The van der Waals surface area contributed by atoms with Gasteiger partial charge in [0.2, 0.25) is 5.91 Å². The van der Waals surface area contributed by atoms with Gasteiger partial charge in [-0.3, -0.25) is 4.79 Å². The summed E-state index contributed by atoms with van der Waals surface area (Å²) in [5, 5.41) is 4.60. The maximum atomic E-state index is 12.6. The summed E-state index contributed by atoms with van der Waals surface area (Å²) in [6.45, 7) is 2.98. The summed E-state index contributed by atoms with van der Waals surface area (Å²) >= 11 is 1.51. The van der Waals surface area contributed by atoms with Gasteiger partial charge in [0, 0.05) is 36.7 Å². The van der Waals surface area contributed by atoms with Gasteiger partial charge in [0.25, 0.3) is 0 Å². The molecule has 0 aliphatic carbocycles. The van der Waals surface area contributed by atoms with Crippen LogP contribution in [-0.4, -0.2) is 43.0 Å². The van der Waals surface area contributed by atoms with Gasteiger partial charge in [0.05, 0.1) is 12.5 Å². The van der Waals surface area contributed by atoms with Crippen molar-refractivity contribution in [1.29, 1.82) is 0 Å². The van der Waals surface area contributed by atoms with E-state index in [0.717, 1.165) is 18.0 Å². The van der Waals surface area contributed by atoms with Gasteiger partial charge in [-0.05, 0) is 23.6 Å². The number of hydrogen-bond donors (Lipinski definition) is 2. The number of piperazine rings is 1. The Labute approximate surface area is 151 Å². The highest BCUT2D eigenvalue weighted by Crippen LogP contribution is 2.23. The number of benzene rings is 1. The first-order valence-electron chi connectivity index (χ1n) is 8.30. The standard InChI is InChI=1S/C18H22N4O2S/c19-18(24)20-15(16-7-4-12-25-16)13-17(23)22-10-8-21(9-11-22)14-5-2-1-3-6-14/h1-7,12,15H,8-11,13H2,(H3,19,20,24)/t15-/m1/s1. The average Bonchev–Trinajstić information content (AvgIpc) is 3.16. The van der Waals surface area contributed by atoms with Crippen LogP contribution in [-0.2, 0) is 4.79 Å². The molecule has 1 atom stereocenters. The molecule has 3 rings (SSSR count). The summed E-state index contributed by atoms with van der Waals surface area (Å²) in [4.78, 5) is 29.0. The lowest BCUT2D eigenvalue weighted by Gasteiger charge is -2.36. The summed E-state index contributed by atoms with van der Waals surface area (Å²) in [6.07, 6.45) is 0.231. The first-order valence-corrected chi connectivity index (χ1v) is 9.18. The van der Waals surface area contributed by atoms with Crippen molar-refractivity contribution >= 4 is 29.0 Å².